The predicted octanol–water partition coefficient (Wildman–Crippen LogP) is 4.53. The lowest BCUT2D eigenvalue weighted by Crippen LogP contribution is -2.11. The molecule has 0 radical (unpaired) electrons. The van der Waals surface area contributed by atoms with Crippen LogP contribution in [0.1, 0.15) is 25.6 Å². The van der Waals surface area contributed by atoms with Gasteiger partial charge >= 0.3 is 5.97 Å². The van der Waals surface area contributed by atoms with Gasteiger partial charge in [0.15, 0.2) is 0 Å². The molecular formula is C13H9Br2NO3S. The Kier molecular flexibility index (Phi) is 4.62. The molecular weight excluding hydrogens is 410 g/mol. The highest BCUT2D eigenvalue weighted by atomic mass is 79.9. The average molecular weight is 419 g/mol. The minimum atomic E-state index is -0.988. The molecule has 1 aromatic heterocycles. The van der Waals surface area contributed by atoms with E-state index in [1.165, 1.54) is 0 Å². The molecule has 104 valence electrons. The van der Waals surface area contributed by atoms with Crippen molar-refractivity contribution in [3.8, 4) is 0 Å². The largest absolute Gasteiger partial charge is 0.477 e. The number of benzene rings is 1. The number of amides is 1. The van der Waals surface area contributed by atoms with E-state index in [1.807, 2.05) is 0 Å². The zero-order valence-electron chi connectivity index (χ0n) is 10.2. The monoisotopic (exact) mass is 417 g/mol. The molecule has 0 aliphatic rings. The van der Waals surface area contributed by atoms with Gasteiger partial charge < -0.3 is 10.4 Å². The molecule has 0 fully saturated rings. The number of aromatic carboxylic acids is 1. The van der Waals surface area contributed by atoms with Crippen molar-refractivity contribution in [1.29, 1.82) is 0 Å². The Bertz CT molecular complexity index is 697. The summed E-state index contributed by atoms with van der Waals surface area (Å²) in [6, 6.07) is 6.88. The van der Waals surface area contributed by atoms with Crippen LogP contribution in [0.4, 0.5) is 5.00 Å². The van der Waals surface area contributed by atoms with E-state index < -0.39 is 5.97 Å². The number of hydrogen-bond acceptors (Lipinski definition) is 3. The quantitative estimate of drug-likeness (QED) is 0.769. The summed E-state index contributed by atoms with van der Waals surface area (Å²) in [6.45, 7) is 1.70. The van der Waals surface area contributed by atoms with Crippen molar-refractivity contribution in [1.82, 2.24) is 0 Å². The van der Waals surface area contributed by atoms with E-state index in [0.717, 1.165) is 15.8 Å². The lowest BCUT2D eigenvalue weighted by molar-refractivity contribution is 0.0701. The lowest BCUT2D eigenvalue weighted by atomic mass is 10.2. The highest BCUT2D eigenvalue weighted by Crippen LogP contribution is 2.28. The molecule has 20 heavy (non-hydrogen) atoms. The van der Waals surface area contributed by atoms with E-state index in [4.69, 9.17) is 5.11 Å². The summed E-state index contributed by atoms with van der Waals surface area (Å²) in [5, 5.41) is 12.2. The highest BCUT2D eigenvalue weighted by Gasteiger charge is 2.15. The summed E-state index contributed by atoms with van der Waals surface area (Å²) < 4.78 is 1.53. The van der Waals surface area contributed by atoms with E-state index in [1.54, 1.807) is 31.2 Å². The third-order valence-electron chi connectivity index (χ3n) is 2.52. The molecule has 0 bridgehead atoms. The molecule has 2 rings (SSSR count). The fourth-order valence-electron chi connectivity index (χ4n) is 1.61. The Labute approximate surface area is 136 Å². The van der Waals surface area contributed by atoms with Gasteiger partial charge in [-0.3, -0.25) is 4.79 Å². The average Bonchev–Trinajstić information content (AvgIpc) is 2.70. The molecule has 0 saturated carbocycles. The number of anilines is 1. The Morgan fingerprint density at radius 3 is 2.50 bits per heavy atom. The first-order valence-corrected chi connectivity index (χ1v) is 7.89. The van der Waals surface area contributed by atoms with E-state index in [2.05, 4.69) is 37.2 Å². The van der Waals surface area contributed by atoms with Crippen LogP contribution < -0.4 is 5.32 Å². The van der Waals surface area contributed by atoms with E-state index >= 15 is 0 Å². The van der Waals surface area contributed by atoms with Gasteiger partial charge in [-0.2, -0.15) is 0 Å². The zero-order chi connectivity index (χ0) is 14.9. The molecule has 1 amide bonds. The maximum atomic E-state index is 12.1. The second-order valence-electron chi connectivity index (χ2n) is 4.01. The molecule has 7 heteroatoms. The smallest absolute Gasteiger partial charge is 0.346 e. The highest BCUT2D eigenvalue weighted by molar-refractivity contribution is 9.11. The third-order valence-corrected chi connectivity index (χ3v) is 4.81. The van der Waals surface area contributed by atoms with Crippen molar-refractivity contribution < 1.29 is 14.7 Å². The Hall–Kier alpha value is -1.18. The van der Waals surface area contributed by atoms with Crippen LogP contribution in [0, 0.1) is 6.92 Å². The molecule has 1 aromatic carbocycles. The fraction of sp³-hybridized carbons (Fsp3) is 0.0769. The molecule has 0 spiro atoms. The van der Waals surface area contributed by atoms with Gasteiger partial charge in [-0.15, -0.1) is 11.3 Å². The van der Waals surface area contributed by atoms with Gasteiger partial charge in [-0.1, -0.05) is 15.9 Å². The van der Waals surface area contributed by atoms with E-state index in [0.29, 0.717) is 20.6 Å². The maximum Gasteiger partial charge on any atom is 0.346 e. The maximum absolute atomic E-state index is 12.1. The van der Waals surface area contributed by atoms with E-state index in [9.17, 15) is 9.59 Å². The van der Waals surface area contributed by atoms with Gasteiger partial charge in [-0.05, 0) is 52.7 Å². The number of aryl methyl sites for hydroxylation is 1. The number of nitrogens with one attached hydrogen (secondary N) is 1. The molecule has 2 aromatic rings. The lowest BCUT2D eigenvalue weighted by Gasteiger charge is -2.05. The third kappa shape index (κ3) is 3.28. The van der Waals surface area contributed by atoms with Crippen molar-refractivity contribution in [2.75, 3.05) is 5.32 Å². The van der Waals surface area contributed by atoms with Crippen molar-refractivity contribution in [2.24, 2.45) is 0 Å². The number of carboxylic acids is 1. The fourth-order valence-corrected chi connectivity index (χ4v) is 3.74. The summed E-state index contributed by atoms with van der Waals surface area (Å²) in [7, 11) is 0. The van der Waals surface area contributed by atoms with Crippen molar-refractivity contribution in [2.45, 2.75) is 6.92 Å². The van der Waals surface area contributed by atoms with Crippen LogP contribution in [0.15, 0.2) is 33.2 Å². The van der Waals surface area contributed by atoms with Crippen LogP contribution in [0.2, 0.25) is 0 Å². The molecule has 0 aliphatic carbocycles. The Morgan fingerprint density at radius 1 is 1.25 bits per heavy atom. The number of carboxylic acid groups (broad SMARTS) is 1. The summed E-state index contributed by atoms with van der Waals surface area (Å²) in [5.74, 6) is -1.28. The summed E-state index contributed by atoms with van der Waals surface area (Å²) >= 11 is 7.68. The minimum Gasteiger partial charge on any atom is -0.477 e. The molecule has 0 aliphatic heterocycles. The SMILES string of the molecule is Cc1cc(NC(=O)c2ccc(Br)cc2Br)sc1C(=O)O. The van der Waals surface area contributed by atoms with Gasteiger partial charge in [0.25, 0.3) is 5.91 Å². The van der Waals surface area contributed by atoms with Gasteiger partial charge in [0.1, 0.15) is 4.88 Å². The standard InChI is InChI=1S/C13H9Br2NO3S/c1-6-4-10(20-11(6)13(18)19)16-12(17)8-3-2-7(14)5-9(8)15/h2-5H,1H3,(H,16,17)(H,18,19). The molecule has 0 atom stereocenters. The van der Waals surface area contributed by atoms with Crippen LogP contribution in [0.25, 0.3) is 0 Å². The van der Waals surface area contributed by atoms with Crippen LogP contribution in [0.3, 0.4) is 0 Å². The first-order chi connectivity index (χ1) is 9.38. The van der Waals surface area contributed by atoms with Crippen LogP contribution in [-0.4, -0.2) is 17.0 Å². The van der Waals surface area contributed by atoms with Gasteiger partial charge in [0.2, 0.25) is 0 Å². The summed E-state index contributed by atoms with van der Waals surface area (Å²) in [5.41, 5.74) is 1.11. The van der Waals surface area contributed by atoms with Gasteiger partial charge in [-0.25, -0.2) is 4.79 Å². The number of hydrogen-bond donors (Lipinski definition) is 2. The molecule has 0 unspecified atom stereocenters. The topological polar surface area (TPSA) is 66.4 Å². The van der Waals surface area contributed by atoms with E-state index in [-0.39, 0.29) is 10.8 Å². The molecule has 1 heterocycles. The molecule has 2 N–H and O–H groups in total. The Balaban J connectivity index is 2.23. The Morgan fingerprint density at radius 2 is 1.95 bits per heavy atom. The predicted molar refractivity (Wildman–Crippen MR) is 85.8 cm³/mol. The first-order valence-electron chi connectivity index (χ1n) is 5.48. The summed E-state index contributed by atoms with van der Waals surface area (Å²) in [4.78, 5) is 23.3. The number of carbonyl (C=O) groups excluding carboxylic acids is 1. The number of thiophene rings is 1. The number of rotatable bonds is 3. The van der Waals surface area contributed by atoms with Crippen molar-refractivity contribution in [3.63, 3.8) is 0 Å². The summed E-state index contributed by atoms with van der Waals surface area (Å²) in [6.07, 6.45) is 0. The van der Waals surface area contributed by atoms with Crippen LogP contribution >= 0.6 is 43.2 Å². The minimum absolute atomic E-state index is 0.232. The second-order valence-corrected chi connectivity index (χ2v) is 6.83. The molecule has 0 saturated heterocycles. The molecule has 4 nitrogen and oxygen atoms in total. The van der Waals surface area contributed by atoms with Crippen molar-refractivity contribution in [3.05, 3.63) is 49.2 Å². The zero-order valence-corrected chi connectivity index (χ0v) is 14.2. The van der Waals surface area contributed by atoms with Gasteiger partial charge in [0.05, 0.1) is 10.6 Å². The first kappa shape index (κ1) is 15.2. The number of carbonyl (C=O) groups is 2. The van der Waals surface area contributed by atoms with Crippen molar-refractivity contribution >= 4 is 60.1 Å². The number of halogens is 2. The normalized spacial score (nSPS) is 10.3. The van der Waals surface area contributed by atoms with Gasteiger partial charge in [0, 0.05) is 8.95 Å². The van der Waals surface area contributed by atoms with Crippen LogP contribution in [0.5, 0.6) is 0 Å². The second kappa shape index (κ2) is 6.07. The van der Waals surface area contributed by atoms with Crippen LogP contribution in [-0.2, 0) is 0 Å².